The van der Waals surface area contributed by atoms with Crippen LogP contribution in [-0.2, 0) is 6.54 Å². The molecule has 0 atom stereocenters. The van der Waals surface area contributed by atoms with E-state index in [2.05, 4.69) is 10.2 Å². The first-order valence-corrected chi connectivity index (χ1v) is 10.5. The highest BCUT2D eigenvalue weighted by atomic mass is 35.5. The zero-order valence-corrected chi connectivity index (χ0v) is 17.4. The van der Waals surface area contributed by atoms with E-state index in [0.717, 1.165) is 30.3 Å². The van der Waals surface area contributed by atoms with Crippen LogP contribution in [0, 0.1) is 5.82 Å². The third-order valence-corrected chi connectivity index (χ3v) is 5.78. The van der Waals surface area contributed by atoms with Gasteiger partial charge in [0.05, 0.1) is 17.8 Å². The molecule has 2 amide bonds. The summed E-state index contributed by atoms with van der Waals surface area (Å²) in [6.45, 7) is 2.21. The molecule has 2 aromatic rings. The molecule has 0 unspecified atom stereocenters. The zero-order valence-electron chi connectivity index (χ0n) is 15.9. The van der Waals surface area contributed by atoms with Crippen molar-refractivity contribution in [1.29, 1.82) is 0 Å². The molecule has 0 aromatic heterocycles. The van der Waals surface area contributed by atoms with E-state index in [1.165, 1.54) is 18.1 Å². The lowest BCUT2D eigenvalue weighted by atomic mass is 10.2. The Balaban J connectivity index is 1.62. The lowest BCUT2D eigenvalue weighted by Gasteiger charge is -2.29. The first-order chi connectivity index (χ1) is 13.5. The lowest BCUT2D eigenvalue weighted by molar-refractivity contribution is 0.220. The maximum Gasteiger partial charge on any atom is 0.321 e. The summed E-state index contributed by atoms with van der Waals surface area (Å²) in [6.07, 6.45) is 0. The van der Waals surface area contributed by atoms with Crippen LogP contribution in [0.25, 0.3) is 0 Å². The number of methoxy groups -OCH3 is 1. The van der Waals surface area contributed by atoms with Crippen molar-refractivity contribution in [2.75, 3.05) is 49.0 Å². The molecule has 28 heavy (non-hydrogen) atoms. The van der Waals surface area contributed by atoms with Gasteiger partial charge in [-0.05, 0) is 35.9 Å². The smallest absolute Gasteiger partial charge is 0.321 e. The van der Waals surface area contributed by atoms with E-state index in [9.17, 15) is 9.18 Å². The summed E-state index contributed by atoms with van der Waals surface area (Å²) in [7, 11) is 3.07. The normalized spacial score (nSPS) is 13.9. The second-order valence-electron chi connectivity index (χ2n) is 6.52. The highest BCUT2D eigenvalue weighted by molar-refractivity contribution is 7.99. The molecule has 1 heterocycles. The quantitative estimate of drug-likeness (QED) is 0.756. The Kier molecular flexibility index (Phi) is 6.91. The van der Waals surface area contributed by atoms with Gasteiger partial charge in [0.15, 0.2) is 11.6 Å². The highest BCUT2D eigenvalue weighted by Crippen LogP contribution is 2.30. The summed E-state index contributed by atoms with van der Waals surface area (Å²) in [5.74, 6) is 1.90. The van der Waals surface area contributed by atoms with Crippen molar-refractivity contribution in [2.45, 2.75) is 6.54 Å². The minimum atomic E-state index is -0.452. The number of ether oxygens (including phenoxy) is 1. The fourth-order valence-corrected chi connectivity index (χ4v) is 4.22. The van der Waals surface area contributed by atoms with Gasteiger partial charge in [0, 0.05) is 43.9 Å². The Hall–Kier alpha value is -2.12. The number of hydrogen-bond acceptors (Lipinski definition) is 4. The Labute approximate surface area is 173 Å². The number of amides is 2. The van der Waals surface area contributed by atoms with Crippen LogP contribution in [0.5, 0.6) is 5.75 Å². The molecule has 3 rings (SSSR count). The monoisotopic (exact) mass is 423 g/mol. The fraction of sp³-hybridized carbons (Fsp3) is 0.350. The molecule has 0 radical (unpaired) electrons. The van der Waals surface area contributed by atoms with Crippen LogP contribution in [0.2, 0.25) is 5.02 Å². The van der Waals surface area contributed by atoms with Crippen LogP contribution in [0.1, 0.15) is 5.56 Å². The largest absolute Gasteiger partial charge is 0.494 e. The van der Waals surface area contributed by atoms with Crippen molar-refractivity contribution < 1.29 is 13.9 Å². The molecule has 150 valence electrons. The van der Waals surface area contributed by atoms with Crippen LogP contribution in [0.3, 0.4) is 0 Å². The molecule has 1 fully saturated rings. The molecule has 0 saturated carbocycles. The van der Waals surface area contributed by atoms with E-state index >= 15 is 0 Å². The van der Waals surface area contributed by atoms with Gasteiger partial charge >= 0.3 is 6.03 Å². The second kappa shape index (κ2) is 9.39. The molecule has 1 saturated heterocycles. The highest BCUT2D eigenvalue weighted by Gasteiger charge is 2.16. The van der Waals surface area contributed by atoms with E-state index < -0.39 is 5.82 Å². The van der Waals surface area contributed by atoms with Crippen molar-refractivity contribution in [1.82, 2.24) is 4.90 Å². The van der Waals surface area contributed by atoms with Gasteiger partial charge in [-0.2, -0.15) is 11.8 Å². The molecular formula is C20H23ClFN3O2S. The molecule has 1 aliphatic rings. The van der Waals surface area contributed by atoms with Gasteiger partial charge in [-0.25, -0.2) is 9.18 Å². The maximum absolute atomic E-state index is 13.8. The van der Waals surface area contributed by atoms with E-state index in [-0.39, 0.29) is 18.3 Å². The first kappa shape index (κ1) is 20.6. The fourth-order valence-electron chi connectivity index (χ4n) is 3.02. The molecule has 0 spiro atoms. The van der Waals surface area contributed by atoms with Gasteiger partial charge < -0.3 is 19.9 Å². The number of hydrogen-bond donors (Lipinski definition) is 1. The molecule has 0 aliphatic carbocycles. The van der Waals surface area contributed by atoms with Crippen molar-refractivity contribution in [3.05, 3.63) is 52.8 Å². The summed E-state index contributed by atoms with van der Waals surface area (Å²) in [5.41, 5.74) is 2.28. The van der Waals surface area contributed by atoms with E-state index in [1.807, 2.05) is 23.9 Å². The topological polar surface area (TPSA) is 44.8 Å². The average molecular weight is 424 g/mol. The van der Waals surface area contributed by atoms with Gasteiger partial charge in [0.1, 0.15) is 0 Å². The number of nitrogens with zero attached hydrogens (tertiary/aromatic N) is 2. The molecule has 1 N–H and O–H groups in total. The number of benzene rings is 2. The Bertz CT molecular complexity index is 846. The van der Waals surface area contributed by atoms with Crippen molar-refractivity contribution in [2.24, 2.45) is 0 Å². The molecule has 1 aliphatic heterocycles. The molecule has 0 bridgehead atoms. The van der Waals surface area contributed by atoms with Crippen molar-refractivity contribution in [3.8, 4) is 5.75 Å². The van der Waals surface area contributed by atoms with Gasteiger partial charge in [0.25, 0.3) is 0 Å². The van der Waals surface area contributed by atoms with Gasteiger partial charge in [-0.3, -0.25) is 0 Å². The Morgan fingerprint density at radius 3 is 2.68 bits per heavy atom. The van der Waals surface area contributed by atoms with E-state index in [4.69, 9.17) is 16.3 Å². The number of carbonyl (C=O) groups excluding carboxylic acids is 1. The van der Waals surface area contributed by atoms with E-state index in [0.29, 0.717) is 16.3 Å². The summed E-state index contributed by atoms with van der Waals surface area (Å²) in [4.78, 5) is 16.2. The summed E-state index contributed by atoms with van der Waals surface area (Å²) in [5, 5.41) is 3.45. The standard InChI is InChI=1S/C20H23ClFN3O2S/c1-24(13-14-3-6-19(27-2)17(22)11-14)20(26)23-15-4-5-18(16(21)12-15)25-7-9-28-10-8-25/h3-6,11-12H,7-10,13H2,1-2H3,(H,23,26). The van der Waals surface area contributed by atoms with Crippen LogP contribution in [-0.4, -0.2) is 49.7 Å². The predicted molar refractivity (Wildman–Crippen MR) is 114 cm³/mol. The van der Waals surface area contributed by atoms with Crippen molar-refractivity contribution >= 4 is 40.8 Å². The Morgan fingerprint density at radius 2 is 2.04 bits per heavy atom. The number of nitrogens with one attached hydrogen (secondary N) is 1. The number of urea groups is 1. The third-order valence-electron chi connectivity index (χ3n) is 4.53. The first-order valence-electron chi connectivity index (χ1n) is 8.94. The molecular weight excluding hydrogens is 401 g/mol. The van der Waals surface area contributed by atoms with E-state index in [1.54, 1.807) is 25.2 Å². The van der Waals surface area contributed by atoms with Gasteiger partial charge in [0.2, 0.25) is 0 Å². The Morgan fingerprint density at radius 1 is 1.29 bits per heavy atom. The van der Waals surface area contributed by atoms with Gasteiger partial charge in [-0.15, -0.1) is 0 Å². The minimum Gasteiger partial charge on any atom is -0.494 e. The van der Waals surface area contributed by atoms with Crippen LogP contribution in [0.15, 0.2) is 36.4 Å². The van der Waals surface area contributed by atoms with Crippen LogP contribution in [0.4, 0.5) is 20.6 Å². The number of anilines is 2. The molecule has 5 nitrogen and oxygen atoms in total. The number of halogens is 2. The zero-order chi connectivity index (χ0) is 20.1. The van der Waals surface area contributed by atoms with Crippen LogP contribution < -0.4 is 15.0 Å². The van der Waals surface area contributed by atoms with Crippen molar-refractivity contribution in [3.63, 3.8) is 0 Å². The number of rotatable bonds is 5. The SMILES string of the molecule is COc1ccc(CN(C)C(=O)Nc2ccc(N3CCSCC3)c(Cl)c2)cc1F. The average Bonchev–Trinajstić information content (AvgIpc) is 2.69. The summed E-state index contributed by atoms with van der Waals surface area (Å²) in [6, 6.07) is 9.90. The summed E-state index contributed by atoms with van der Waals surface area (Å²) < 4.78 is 18.7. The molecule has 8 heteroatoms. The third kappa shape index (κ3) is 5.02. The number of thioether (sulfide) groups is 1. The second-order valence-corrected chi connectivity index (χ2v) is 8.15. The lowest BCUT2D eigenvalue weighted by Crippen LogP contribution is -2.33. The molecule has 2 aromatic carbocycles. The predicted octanol–water partition coefficient (Wildman–Crippen LogP) is 4.70. The minimum absolute atomic E-state index is 0.179. The maximum atomic E-state index is 13.8. The van der Waals surface area contributed by atoms with Crippen LogP contribution >= 0.6 is 23.4 Å². The number of carbonyl (C=O) groups is 1. The van der Waals surface area contributed by atoms with Gasteiger partial charge in [-0.1, -0.05) is 17.7 Å². The summed E-state index contributed by atoms with van der Waals surface area (Å²) >= 11 is 8.37.